The first-order chi connectivity index (χ1) is 11.8. The molecule has 0 saturated carbocycles. The maximum atomic E-state index is 11.6. The van der Waals surface area contributed by atoms with Crippen molar-refractivity contribution in [1.29, 1.82) is 0 Å². The molecule has 0 aromatic heterocycles. The van der Waals surface area contributed by atoms with E-state index < -0.39 is 24.0 Å². The molecule has 0 bridgehead atoms. The summed E-state index contributed by atoms with van der Waals surface area (Å²) in [5, 5.41) is -0.486. The average Bonchev–Trinajstić information content (AvgIpc) is 2.87. The molecule has 1 heterocycles. The molecule has 1 aliphatic rings. The van der Waals surface area contributed by atoms with Crippen LogP contribution in [0.2, 0.25) is 0 Å². The zero-order valence-electron chi connectivity index (χ0n) is 14.5. The number of allylic oxidation sites excluding steroid dienone is 1. The highest BCUT2D eigenvalue weighted by molar-refractivity contribution is 8.13. The van der Waals surface area contributed by atoms with Gasteiger partial charge in [-0.1, -0.05) is 13.8 Å². The molecule has 0 spiro atoms. The summed E-state index contributed by atoms with van der Waals surface area (Å²) in [5.74, 6) is 0.232. The van der Waals surface area contributed by atoms with Crippen molar-refractivity contribution in [2.24, 2.45) is 5.92 Å². The normalized spacial score (nSPS) is 13.4. The second-order valence-electron chi connectivity index (χ2n) is 5.30. The van der Waals surface area contributed by atoms with E-state index in [1.54, 1.807) is 20.8 Å². The van der Waals surface area contributed by atoms with Crippen LogP contribution in [0.25, 0.3) is 0 Å². The van der Waals surface area contributed by atoms with Crippen molar-refractivity contribution in [3.05, 3.63) is 24.0 Å². The zero-order valence-corrected chi connectivity index (χ0v) is 15.3. The number of ether oxygens (including phenoxy) is 5. The zero-order chi connectivity index (χ0) is 18.8. The first kappa shape index (κ1) is 20.9. The quantitative estimate of drug-likeness (QED) is 0.342. The minimum absolute atomic E-state index is 0.0417. The first-order valence-electron chi connectivity index (χ1n) is 7.65. The van der Waals surface area contributed by atoms with Crippen LogP contribution in [-0.4, -0.2) is 36.4 Å². The highest BCUT2D eigenvalue weighted by Crippen LogP contribution is 2.23. The van der Waals surface area contributed by atoms with Crippen molar-refractivity contribution in [2.75, 3.05) is 19.2 Å². The Bertz CT molecular complexity index is 552. The summed E-state index contributed by atoms with van der Waals surface area (Å²) in [6.07, 6.45) is 0.537. The van der Waals surface area contributed by atoms with Gasteiger partial charge in [0.25, 0.3) is 5.95 Å². The van der Waals surface area contributed by atoms with E-state index in [1.807, 2.05) is 0 Å². The molecule has 25 heavy (non-hydrogen) atoms. The van der Waals surface area contributed by atoms with Gasteiger partial charge in [0.2, 0.25) is 6.79 Å². The van der Waals surface area contributed by atoms with E-state index >= 15 is 0 Å². The van der Waals surface area contributed by atoms with Crippen LogP contribution < -0.4 is 0 Å². The van der Waals surface area contributed by atoms with Crippen molar-refractivity contribution in [2.45, 2.75) is 33.6 Å². The number of hydrogen-bond donors (Lipinski definition) is 0. The van der Waals surface area contributed by atoms with Crippen LogP contribution in [0.5, 0.6) is 0 Å². The topological polar surface area (TPSA) is 97.4 Å². The number of hydrogen-bond acceptors (Lipinski definition) is 9. The van der Waals surface area contributed by atoms with E-state index in [4.69, 9.17) is 23.7 Å². The number of thioether (sulfide) groups is 1. The smallest absolute Gasteiger partial charge is 0.367 e. The number of rotatable bonds is 9. The highest BCUT2D eigenvalue weighted by Gasteiger charge is 2.19. The fourth-order valence-electron chi connectivity index (χ4n) is 1.52. The third kappa shape index (κ3) is 8.48. The second kappa shape index (κ2) is 10.7. The Kier molecular flexibility index (Phi) is 8.90. The molecule has 1 rings (SSSR count). The summed E-state index contributed by atoms with van der Waals surface area (Å²) in [4.78, 5) is 34.2. The molecule has 0 saturated heterocycles. The summed E-state index contributed by atoms with van der Waals surface area (Å²) >= 11 is 0.941. The maximum Gasteiger partial charge on any atom is 0.367 e. The fraction of sp³-hybridized carbons (Fsp3) is 0.562. The van der Waals surface area contributed by atoms with Gasteiger partial charge in [-0.15, -0.1) is 0 Å². The lowest BCUT2D eigenvalue weighted by Crippen LogP contribution is -2.16. The van der Waals surface area contributed by atoms with Gasteiger partial charge in [0.15, 0.2) is 12.4 Å². The predicted molar refractivity (Wildman–Crippen MR) is 88.9 cm³/mol. The lowest BCUT2D eigenvalue weighted by Gasteiger charge is -2.08. The molecule has 1 aliphatic heterocycles. The van der Waals surface area contributed by atoms with Gasteiger partial charge in [0.05, 0.1) is 5.92 Å². The van der Waals surface area contributed by atoms with E-state index in [0.29, 0.717) is 23.7 Å². The van der Waals surface area contributed by atoms with Crippen LogP contribution in [0.1, 0.15) is 33.6 Å². The van der Waals surface area contributed by atoms with E-state index in [-0.39, 0.29) is 24.9 Å². The Labute approximate surface area is 150 Å². The minimum Gasteiger partial charge on any atom is -0.449 e. The molecular formula is C16H22O8S. The molecule has 0 aliphatic carbocycles. The van der Waals surface area contributed by atoms with E-state index in [2.05, 4.69) is 6.58 Å². The molecule has 0 aromatic rings. The van der Waals surface area contributed by atoms with Gasteiger partial charge in [-0.25, -0.2) is 4.79 Å². The van der Waals surface area contributed by atoms with Crippen LogP contribution in [0.15, 0.2) is 24.0 Å². The summed E-state index contributed by atoms with van der Waals surface area (Å²) < 4.78 is 24.7. The van der Waals surface area contributed by atoms with Crippen molar-refractivity contribution < 1.29 is 38.1 Å². The van der Waals surface area contributed by atoms with Crippen molar-refractivity contribution in [3.8, 4) is 0 Å². The number of carbonyl (C=O) groups is 3. The van der Waals surface area contributed by atoms with E-state index in [9.17, 15) is 14.4 Å². The first-order valence-corrected chi connectivity index (χ1v) is 8.64. The Morgan fingerprint density at radius 1 is 1.16 bits per heavy atom. The Morgan fingerprint density at radius 3 is 2.48 bits per heavy atom. The molecule has 0 N–H and O–H groups in total. The molecule has 0 aromatic carbocycles. The van der Waals surface area contributed by atoms with Gasteiger partial charge in [-0.05, 0) is 31.7 Å². The fourth-order valence-corrected chi connectivity index (χ4v) is 2.12. The van der Waals surface area contributed by atoms with Crippen molar-refractivity contribution >= 4 is 29.0 Å². The molecule has 140 valence electrons. The van der Waals surface area contributed by atoms with Crippen LogP contribution in [0, 0.1) is 5.92 Å². The molecule has 8 nitrogen and oxygen atoms in total. The minimum atomic E-state index is -0.499. The van der Waals surface area contributed by atoms with Gasteiger partial charge in [0.1, 0.15) is 5.76 Å². The summed E-state index contributed by atoms with van der Waals surface area (Å²) in [7, 11) is 0. The van der Waals surface area contributed by atoms with Gasteiger partial charge < -0.3 is 23.7 Å². The lowest BCUT2D eigenvalue weighted by atomic mass is 10.2. The molecule has 0 fully saturated rings. The molecule has 9 heteroatoms. The third-order valence-electron chi connectivity index (χ3n) is 2.86. The SMILES string of the molecule is C=C1OC(C)=C(COC(=O)SCCCC(=O)OCOC(=O)C(C)C)O1. The molecule has 0 amide bonds. The average molecular weight is 374 g/mol. The van der Waals surface area contributed by atoms with Crippen LogP contribution in [0.4, 0.5) is 4.79 Å². The lowest BCUT2D eigenvalue weighted by molar-refractivity contribution is -0.169. The third-order valence-corrected chi connectivity index (χ3v) is 3.70. The van der Waals surface area contributed by atoms with Crippen LogP contribution in [-0.2, 0) is 33.3 Å². The van der Waals surface area contributed by atoms with E-state index in [1.165, 1.54) is 0 Å². The summed E-state index contributed by atoms with van der Waals surface area (Å²) in [5.41, 5.74) is 0. The summed E-state index contributed by atoms with van der Waals surface area (Å²) in [6.45, 7) is 8.10. The van der Waals surface area contributed by atoms with Gasteiger partial charge in [-0.2, -0.15) is 0 Å². The highest BCUT2D eigenvalue weighted by atomic mass is 32.2. The maximum absolute atomic E-state index is 11.6. The van der Waals surface area contributed by atoms with Gasteiger partial charge in [0, 0.05) is 12.2 Å². The number of carbonyl (C=O) groups excluding carboxylic acids is 3. The molecule has 0 atom stereocenters. The monoisotopic (exact) mass is 374 g/mol. The largest absolute Gasteiger partial charge is 0.449 e. The molecule has 0 unspecified atom stereocenters. The molecule has 0 radical (unpaired) electrons. The Balaban J connectivity index is 2.06. The molecular weight excluding hydrogens is 352 g/mol. The Hall–Kier alpha value is -2.16. The van der Waals surface area contributed by atoms with Crippen molar-refractivity contribution in [3.63, 3.8) is 0 Å². The predicted octanol–water partition coefficient (Wildman–Crippen LogP) is 3.09. The summed E-state index contributed by atoms with van der Waals surface area (Å²) in [6, 6.07) is 0. The van der Waals surface area contributed by atoms with Crippen molar-refractivity contribution in [1.82, 2.24) is 0 Å². The van der Waals surface area contributed by atoms with Gasteiger partial charge in [-0.3, -0.25) is 9.59 Å². The standard InChI is InChI=1S/C16H22O8S/c1-10(2)15(18)22-9-21-14(17)6-5-7-25-16(19)20-8-13-11(3)23-12(4)24-13/h10H,4-9H2,1-3H3. The Morgan fingerprint density at radius 2 is 1.88 bits per heavy atom. The van der Waals surface area contributed by atoms with Crippen LogP contribution in [0.3, 0.4) is 0 Å². The van der Waals surface area contributed by atoms with E-state index in [0.717, 1.165) is 11.8 Å². The number of esters is 2. The van der Waals surface area contributed by atoms with Crippen LogP contribution >= 0.6 is 11.8 Å². The second-order valence-corrected chi connectivity index (χ2v) is 6.33. The van der Waals surface area contributed by atoms with Gasteiger partial charge >= 0.3 is 17.2 Å².